The second kappa shape index (κ2) is 4.46. The molecule has 2 saturated heterocycles. The number of hydrogen-bond acceptors (Lipinski definition) is 3. The molecule has 3 nitrogen and oxygen atoms in total. The third-order valence-electron chi connectivity index (χ3n) is 4.20. The van der Waals surface area contributed by atoms with Crippen molar-refractivity contribution in [1.82, 2.24) is 9.88 Å². The Morgan fingerprint density at radius 2 is 2.00 bits per heavy atom. The van der Waals surface area contributed by atoms with Crippen molar-refractivity contribution < 1.29 is 0 Å². The smallest absolute Gasteiger partial charge is 0.129 e. The largest absolute Gasteiger partial charge is 0.381 e. The van der Waals surface area contributed by atoms with E-state index in [4.69, 9.17) is 11.6 Å². The number of hydrogen-bond donors (Lipinski definition) is 1. The molecule has 2 unspecified atom stereocenters. The van der Waals surface area contributed by atoms with Gasteiger partial charge in [-0.3, -0.25) is 0 Å². The first-order chi connectivity index (χ1) is 8.22. The van der Waals surface area contributed by atoms with Crippen molar-refractivity contribution in [1.29, 1.82) is 0 Å². The molecule has 1 aromatic heterocycles. The normalized spacial score (nSPS) is 32.7. The molecule has 0 aliphatic carbocycles. The fourth-order valence-electron chi connectivity index (χ4n) is 3.23. The van der Waals surface area contributed by atoms with Gasteiger partial charge >= 0.3 is 0 Å². The van der Waals surface area contributed by atoms with Gasteiger partial charge in [0.15, 0.2) is 0 Å². The topological polar surface area (TPSA) is 28.2 Å². The number of anilines is 1. The van der Waals surface area contributed by atoms with Gasteiger partial charge in [0.2, 0.25) is 0 Å². The van der Waals surface area contributed by atoms with Crippen LogP contribution in [0.25, 0.3) is 0 Å². The lowest BCUT2D eigenvalue weighted by molar-refractivity contribution is 0.169. The average Bonchev–Trinajstić information content (AvgIpc) is 2.55. The lowest BCUT2D eigenvalue weighted by Gasteiger charge is -2.37. The molecule has 0 amide bonds. The zero-order chi connectivity index (χ0) is 11.8. The van der Waals surface area contributed by atoms with Crippen molar-refractivity contribution in [3.63, 3.8) is 0 Å². The Kier molecular flexibility index (Phi) is 2.97. The van der Waals surface area contributed by atoms with E-state index in [2.05, 4.69) is 22.2 Å². The number of pyridine rings is 1. The predicted molar refractivity (Wildman–Crippen MR) is 70.5 cm³/mol. The quantitative estimate of drug-likeness (QED) is 0.820. The van der Waals surface area contributed by atoms with Gasteiger partial charge in [0.25, 0.3) is 0 Å². The first kappa shape index (κ1) is 11.3. The number of nitrogens with zero attached hydrogens (tertiary/aromatic N) is 2. The maximum absolute atomic E-state index is 5.78. The molecule has 2 aliphatic heterocycles. The van der Waals surface area contributed by atoms with Gasteiger partial charge in [-0.05, 0) is 44.9 Å². The lowest BCUT2D eigenvalue weighted by atomic mass is 9.98. The van der Waals surface area contributed by atoms with E-state index >= 15 is 0 Å². The summed E-state index contributed by atoms with van der Waals surface area (Å²) < 4.78 is 0. The van der Waals surface area contributed by atoms with Crippen molar-refractivity contribution in [2.24, 2.45) is 0 Å². The molecule has 2 fully saturated rings. The molecule has 0 spiro atoms. The number of aromatic nitrogens is 1. The van der Waals surface area contributed by atoms with Crippen LogP contribution in [0.4, 0.5) is 5.69 Å². The van der Waals surface area contributed by atoms with E-state index in [1.54, 1.807) is 0 Å². The fraction of sp³-hybridized carbons (Fsp3) is 0.615. The van der Waals surface area contributed by atoms with E-state index in [0.717, 1.165) is 17.8 Å². The van der Waals surface area contributed by atoms with Crippen LogP contribution in [0.15, 0.2) is 18.3 Å². The van der Waals surface area contributed by atoms with Gasteiger partial charge in [-0.1, -0.05) is 11.6 Å². The van der Waals surface area contributed by atoms with Gasteiger partial charge in [0.1, 0.15) is 5.15 Å². The van der Waals surface area contributed by atoms with Gasteiger partial charge in [0, 0.05) is 18.1 Å². The second-order valence-electron chi connectivity index (χ2n) is 5.23. The average molecular weight is 252 g/mol. The van der Waals surface area contributed by atoms with Crippen LogP contribution in [0.3, 0.4) is 0 Å². The van der Waals surface area contributed by atoms with Gasteiger partial charge < -0.3 is 10.2 Å². The number of piperidine rings is 1. The summed E-state index contributed by atoms with van der Waals surface area (Å²) in [6, 6.07) is 5.98. The van der Waals surface area contributed by atoms with Crippen LogP contribution in [-0.2, 0) is 0 Å². The predicted octanol–water partition coefficient (Wildman–Crippen LogP) is 2.77. The molecule has 0 radical (unpaired) electrons. The SMILES string of the molecule is CN1C2CCC1CC(Nc1ccc(Cl)nc1)C2. The summed E-state index contributed by atoms with van der Waals surface area (Å²) >= 11 is 5.78. The van der Waals surface area contributed by atoms with Crippen LogP contribution in [0.2, 0.25) is 5.15 Å². The number of nitrogens with one attached hydrogen (secondary N) is 1. The van der Waals surface area contributed by atoms with Crippen LogP contribution < -0.4 is 5.32 Å². The molecule has 0 aromatic carbocycles. The van der Waals surface area contributed by atoms with Crippen LogP contribution in [-0.4, -0.2) is 35.1 Å². The summed E-state index contributed by atoms with van der Waals surface area (Å²) in [6.07, 6.45) is 7.03. The molecule has 4 heteroatoms. The third kappa shape index (κ3) is 2.26. The van der Waals surface area contributed by atoms with Crippen molar-refractivity contribution >= 4 is 17.3 Å². The zero-order valence-electron chi connectivity index (χ0n) is 10.1. The maximum atomic E-state index is 5.78. The Morgan fingerprint density at radius 1 is 1.29 bits per heavy atom. The molecule has 1 N–H and O–H groups in total. The molecule has 2 aliphatic rings. The summed E-state index contributed by atoms with van der Waals surface area (Å²) in [7, 11) is 2.27. The van der Waals surface area contributed by atoms with Crippen molar-refractivity contribution in [3.05, 3.63) is 23.5 Å². The highest BCUT2D eigenvalue weighted by Crippen LogP contribution is 2.35. The molecular weight excluding hydrogens is 234 g/mol. The van der Waals surface area contributed by atoms with E-state index in [-0.39, 0.29) is 0 Å². The van der Waals surface area contributed by atoms with Crippen LogP contribution in [0.1, 0.15) is 25.7 Å². The highest BCUT2D eigenvalue weighted by atomic mass is 35.5. The molecule has 1 aromatic rings. The molecule has 17 heavy (non-hydrogen) atoms. The first-order valence-corrected chi connectivity index (χ1v) is 6.70. The highest BCUT2D eigenvalue weighted by molar-refractivity contribution is 6.29. The Bertz CT molecular complexity index is 378. The number of halogens is 1. The maximum Gasteiger partial charge on any atom is 0.129 e. The molecule has 92 valence electrons. The van der Waals surface area contributed by atoms with Crippen LogP contribution in [0.5, 0.6) is 0 Å². The van der Waals surface area contributed by atoms with Gasteiger partial charge in [-0.15, -0.1) is 0 Å². The van der Waals surface area contributed by atoms with Crippen LogP contribution >= 0.6 is 11.6 Å². The van der Waals surface area contributed by atoms with Crippen molar-refractivity contribution in [2.75, 3.05) is 12.4 Å². The second-order valence-corrected chi connectivity index (χ2v) is 5.62. The van der Waals surface area contributed by atoms with E-state index in [9.17, 15) is 0 Å². The summed E-state index contributed by atoms with van der Waals surface area (Å²) in [5.41, 5.74) is 1.09. The minimum atomic E-state index is 0.555. The van der Waals surface area contributed by atoms with Crippen LogP contribution in [0, 0.1) is 0 Å². The van der Waals surface area contributed by atoms with Gasteiger partial charge in [-0.25, -0.2) is 4.98 Å². The lowest BCUT2D eigenvalue weighted by Crippen LogP contribution is -2.44. The summed E-state index contributed by atoms with van der Waals surface area (Å²) in [5.74, 6) is 0. The minimum Gasteiger partial charge on any atom is -0.381 e. The number of rotatable bonds is 2. The molecular formula is C13H18ClN3. The highest BCUT2D eigenvalue weighted by Gasteiger charge is 2.38. The Labute approximate surface area is 107 Å². The molecule has 2 bridgehead atoms. The van der Waals surface area contributed by atoms with Crippen molar-refractivity contribution in [2.45, 2.75) is 43.8 Å². The standard InChI is InChI=1S/C13H18ClN3/c1-17-11-3-4-12(17)7-10(6-11)16-9-2-5-13(14)15-8-9/h2,5,8,10-12,16H,3-4,6-7H2,1H3. The zero-order valence-corrected chi connectivity index (χ0v) is 10.8. The summed E-state index contributed by atoms with van der Waals surface area (Å²) in [5, 5.41) is 4.14. The third-order valence-corrected chi connectivity index (χ3v) is 4.42. The Balaban J connectivity index is 1.65. The fourth-order valence-corrected chi connectivity index (χ4v) is 3.34. The molecule has 0 saturated carbocycles. The van der Waals surface area contributed by atoms with Crippen molar-refractivity contribution in [3.8, 4) is 0 Å². The van der Waals surface area contributed by atoms with E-state index in [1.165, 1.54) is 25.7 Å². The Morgan fingerprint density at radius 3 is 2.59 bits per heavy atom. The van der Waals surface area contributed by atoms with E-state index < -0.39 is 0 Å². The summed E-state index contributed by atoms with van der Waals surface area (Å²) in [4.78, 5) is 6.66. The van der Waals surface area contributed by atoms with E-state index in [1.807, 2.05) is 18.3 Å². The molecule has 2 atom stereocenters. The molecule has 3 heterocycles. The Hall–Kier alpha value is -0.800. The molecule has 3 rings (SSSR count). The monoisotopic (exact) mass is 251 g/mol. The summed E-state index contributed by atoms with van der Waals surface area (Å²) in [6.45, 7) is 0. The number of fused-ring (bicyclic) bond motifs is 2. The first-order valence-electron chi connectivity index (χ1n) is 6.32. The minimum absolute atomic E-state index is 0.555. The van der Waals surface area contributed by atoms with Gasteiger partial charge in [0.05, 0.1) is 11.9 Å². The van der Waals surface area contributed by atoms with E-state index in [0.29, 0.717) is 11.2 Å². The van der Waals surface area contributed by atoms with Gasteiger partial charge in [-0.2, -0.15) is 0 Å².